The summed E-state index contributed by atoms with van der Waals surface area (Å²) < 4.78 is 10.5. The molecule has 0 amide bonds. The quantitative estimate of drug-likeness (QED) is 0.738. The highest BCUT2D eigenvalue weighted by Gasteiger charge is 2.30. The molecule has 1 aliphatic heterocycles. The lowest BCUT2D eigenvalue weighted by Crippen LogP contribution is -2.39. The van der Waals surface area contributed by atoms with Crippen LogP contribution in [0.5, 0.6) is 11.5 Å². The van der Waals surface area contributed by atoms with Crippen molar-refractivity contribution in [3.63, 3.8) is 0 Å². The minimum atomic E-state index is -1.58. The van der Waals surface area contributed by atoms with Crippen LogP contribution in [0.15, 0.2) is 18.2 Å². The highest BCUT2D eigenvalue weighted by molar-refractivity contribution is 6.38. The van der Waals surface area contributed by atoms with Gasteiger partial charge in [0.05, 0.1) is 15.7 Å². The lowest BCUT2D eigenvalue weighted by atomic mass is 9.76. The number of ether oxygens (including phenoxy) is 2. The molecule has 0 fully saturated rings. The molecule has 1 heterocycles. The van der Waals surface area contributed by atoms with E-state index in [4.69, 9.17) is 40.9 Å². The Morgan fingerprint density at radius 2 is 1.89 bits per heavy atom. The van der Waals surface area contributed by atoms with Crippen molar-refractivity contribution in [2.24, 2.45) is 0 Å². The maximum Gasteiger partial charge on any atom is 0.175 e. The minimum Gasteiger partial charge on any atom is -0.468 e. The van der Waals surface area contributed by atoms with Gasteiger partial charge in [0.2, 0.25) is 0 Å². The number of hydrogen-bond acceptors (Lipinski definition) is 3. The molecular formula is C12H13B4NO2. The molecule has 1 atom stereocenters. The Morgan fingerprint density at radius 3 is 2.53 bits per heavy atom. The molecule has 2 rings (SSSR count). The van der Waals surface area contributed by atoms with E-state index in [0.717, 1.165) is 18.4 Å². The Labute approximate surface area is 119 Å². The Balaban J connectivity index is 2.07. The van der Waals surface area contributed by atoms with Gasteiger partial charge in [0, 0.05) is 6.04 Å². The van der Waals surface area contributed by atoms with Crippen LogP contribution in [-0.4, -0.2) is 48.9 Å². The Morgan fingerprint density at radius 1 is 1.21 bits per heavy atom. The first-order valence-corrected chi connectivity index (χ1v) is 6.25. The zero-order chi connectivity index (χ0) is 14.0. The lowest BCUT2D eigenvalue weighted by Gasteiger charge is -2.20. The molecule has 0 aliphatic carbocycles. The van der Waals surface area contributed by atoms with E-state index in [2.05, 4.69) is 12.2 Å². The van der Waals surface area contributed by atoms with Crippen molar-refractivity contribution >= 4 is 31.4 Å². The van der Waals surface area contributed by atoms with Crippen molar-refractivity contribution in [2.75, 3.05) is 0 Å². The second-order valence-corrected chi connectivity index (χ2v) is 4.71. The van der Waals surface area contributed by atoms with E-state index >= 15 is 0 Å². The maximum absolute atomic E-state index is 5.56. The van der Waals surface area contributed by atoms with Crippen LogP contribution in [0, 0.1) is 0 Å². The van der Waals surface area contributed by atoms with E-state index in [0.29, 0.717) is 11.5 Å². The molecule has 1 aromatic rings. The van der Waals surface area contributed by atoms with Gasteiger partial charge >= 0.3 is 0 Å². The van der Waals surface area contributed by atoms with E-state index < -0.39 is 11.4 Å². The maximum atomic E-state index is 5.56. The van der Waals surface area contributed by atoms with E-state index in [1.807, 2.05) is 12.1 Å². The van der Waals surface area contributed by atoms with Crippen molar-refractivity contribution < 1.29 is 9.47 Å². The number of benzene rings is 1. The second kappa shape index (κ2) is 5.58. The zero-order valence-electron chi connectivity index (χ0n) is 10.9. The molecule has 0 saturated carbocycles. The minimum absolute atomic E-state index is 0.195. The highest BCUT2D eigenvalue weighted by atomic mass is 16.7. The summed E-state index contributed by atoms with van der Waals surface area (Å²) in [5.74, 6) is 0.569. The van der Waals surface area contributed by atoms with Crippen molar-refractivity contribution in [3.05, 3.63) is 23.8 Å². The second-order valence-electron chi connectivity index (χ2n) is 4.71. The third-order valence-corrected chi connectivity index (χ3v) is 2.95. The van der Waals surface area contributed by atoms with Gasteiger partial charge in [0.15, 0.2) is 32.8 Å². The van der Waals surface area contributed by atoms with Gasteiger partial charge in [-0.25, -0.2) is 0 Å². The fourth-order valence-corrected chi connectivity index (χ4v) is 2.09. The lowest BCUT2D eigenvalue weighted by molar-refractivity contribution is 0.0833. The molecule has 1 aromatic carbocycles. The number of hydrogen-bond donors (Lipinski definition) is 1. The molecule has 8 radical (unpaired) electrons. The van der Waals surface area contributed by atoms with Gasteiger partial charge in [0.25, 0.3) is 0 Å². The van der Waals surface area contributed by atoms with Crippen LogP contribution in [0.25, 0.3) is 0 Å². The summed E-state index contributed by atoms with van der Waals surface area (Å²) in [6.07, 6.45) is 1.69. The first-order chi connectivity index (χ1) is 8.89. The summed E-state index contributed by atoms with van der Waals surface area (Å²) in [6.45, 7) is 2.07. The Hall–Kier alpha value is -0.960. The monoisotopic (exact) mass is 247 g/mol. The summed E-state index contributed by atoms with van der Waals surface area (Å²) >= 11 is 0. The summed E-state index contributed by atoms with van der Waals surface area (Å²) in [7, 11) is 22.2. The predicted molar refractivity (Wildman–Crippen MR) is 78.2 cm³/mol. The van der Waals surface area contributed by atoms with E-state index in [9.17, 15) is 0 Å². The van der Waals surface area contributed by atoms with Gasteiger partial charge in [-0.15, -0.1) is 0 Å². The molecule has 3 nitrogen and oxygen atoms in total. The van der Waals surface area contributed by atoms with Gasteiger partial charge in [-0.05, 0) is 30.5 Å². The molecule has 7 heteroatoms. The average Bonchev–Trinajstić information content (AvgIpc) is 2.60. The van der Waals surface area contributed by atoms with Crippen LogP contribution in [0.1, 0.15) is 18.9 Å². The first-order valence-electron chi connectivity index (χ1n) is 6.25. The highest BCUT2D eigenvalue weighted by Crippen LogP contribution is 2.37. The molecule has 0 saturated heterocycles. The van der Waals surface area contributed by atoms with Crippen molar-refractivity contribution in [1.29, 1.82) is 0 Å². The predicted octanol–water partition coefficient (Wildman–Crippen LogP) is -0.0626. The average molecular weight is 246 g/mol. The normalized spacial score (nSPS) is 17.6. The number of rotatable bonds is 5. The Bertz CT molecular complexity index is 453. The fraction of sp³-hybridized carbons (Fsp3) is 0.500. The fourth-order valence-electron chi connectivity index (χ4n) is 2.09. The van der Waals surface area contributed by atoms with Crippen LogP contribution < -0.4 is 14.8 Å². The van der Waals surface area contributed by atoms with E-state index in [1.54, 1.807) is 6.07 Å². The van der Waals surface area contributed by atoms with Gasteiger partial charge in [0.1, 0.15) is 0 Å². The topological polar surface area (TPSA) is 30.5 Å². The summed E-state index contributed by atoms with van der Waals surface area (Å²) in [5, 5.41) is 3.10. The Kier molecular flexibility index (Phi) is 4.24. The molecule has 90 valence electrons. The van der Waals surface area contributed by atoms with Gasteiger partial charge < -0.3 is 14.8 Å². The molecule has 1 aliphatic rings. The van der Waals surface area contributed by atoms with Crippen LogP contribution in [0.3, 0.4) is 0 Å². The van der Waals surface area contributed by atoms with Crippen molar-refractivity contribution in [3.8, 4) is 11.5 Å². The van der Waals surface area contributed by atoms with Gasteiger partial charge in [-0.1, -0.05) is 18.8 Å². The van der Waals surface area contributed by atoms with Gasteiger partial charge in [-0.3, -0.25) is 0 Å². The molecule has 0 bridgehead atoms. The van der Waals surface area contributed by atoms with Crippen LogP contribution in [0.4, 0.5) is 0 Å². The van der Waals surface area contributed by atoms with Crippen molar-refractivity contribution in [2.45, 2.75) is 37.2 Å². The number of nitrogens with one attached hydrogen (secondary N) is 1. The molecule has 1 N–H and O–H groups in total. The van der Waals surface area contributed by atoms with Crippen LogP contribution in [0.2, 0.25) is 0 Å². The van der Waals surface area contributed by atoms with Crippen molar-refractivity contribution in [1.82, 2.24) is 5.32 Å². The summed E-state index contributed by atoms with van der Waals surface area (Å²) in [4.78, 5) is 0. The third kappa shape index (κ3) is 3.75. The molecular weight excluding hydrogens is 233 g/mol. The molecule has 0 spiro atoms. The van der Waals surface area contributed by atoms with Gasteiger partial charge in [-0.2, -0.15) is 0 Å². The smallest absolute Gasteiger partial charge is 0.175 e. The van der Waals surface area contributed by atoms with Crippen LogP contribution >= 0.6 is 0 Å². The summed E-state index contributed by atoms with van der Waals surface area (Å²) in [6, 6.07) is 5.79. The molecule has 19 heavy (non-hydrogen) atoms. The van der Waals surface area contributed by atoms with E-state index in [1.165, 1.54) is 0 Å². The zero-order valence-corrected chi connectivity index (χ0v) is 10.9. The first kappa shape index (κ1) is 14.4. The van der Waals surface area contributed by atoms with E-state index in [-0.39, 0.29) is 6.04 Å². The van der Waals surface area contributed by atoms with Crippen LogP contribution in [-0.2, 0) is 6.42 Å². The third-order valence-electron chi connectivity index (χ3n) is 2.95. The summed E-state index contributed by atoms with van der Waals surface area (Å²) in [5.41, 5.74) is -0.511. The molecule has 0 unspecified atom stereocenters. The standard InChI is InChI=1S/C12H13B4NO2/c1-2-8(17-11(13)14)5-7-3-4-9-10(6-7)19-12(15,16)18-9/h3-4,6,8,11,17H,2,5H2,1H3/t8-/m1/s1. The molecule has 0 aromatic heterocycles. The number of fused-ring (bicyclic) bond motifs is 1. The largest absolute Gasteiger partial charge is 0.468 e. The SMILES string of the molecule is [B]C([B])N[C@H](CC)Cc1ccc2c(c1)OC([B])([B])O2.